The van der Waals surface area contributed by atoms with E-state index in [-0.39, 0.29) is 10.1 Å². The predicted octanol–water partition coefficient (Wildman–Crippen LogP) is -1.33. The van der Waals surface area contributed by atoms with Crippen LogP contribution in [0, 0.1) is 0 Å². The van der Waals surface area contributed by atoms with E-state index in [4.69, 9.17) is 0 Å². The molecule has 8 heteroatoms. The van der Waals surface area contributed by atoms with Gasteiger partial charge in [0.25, 0.3) is 0 Å². The van der Waals surface area contributed by atoms with Gasteiger partial charge in [0.1, 0.15) is 0 Å². The molecule has 0 aliphatic carbocycles. The van der Waals surface area contributed by atoms with Crippen LogP contribution in [0.1, 0.15) is 19.8 Å². The van der Waals surface area contributed by atoms with Crippen molar-refractivity contribution in [2.75, 3.05) is 0 Å². The standard InChI is InChI=1S/C4H9NO5S2/c1-2-3-4(6)5(11(7)8)12(9)10/h11-12H,2-3H2,1H3. The average Bonchev–Trinajstić information content (AvgIpc) is 1.85. The molecule has 0 unspecified atom stereocenters. The highest BCUT2D eigenvalue weighted by atomic mass is 32.2. The van der Waals surface area contributed by atoms with Crippen molar-refractivity contribution in [2.24, 2.45) is 0 Å². The summed E-state index contributed by atoms with van der Waals surface area (Å²) in [6.45, 7) is 1.64. The van der Waals surface area contributed by atoms with Gasteiger partial charge >= 0.3 is 0 Å². The van der Waals surface area contributed by atoms with Gasteiger partial charge in [-0.05, 0) is 6.42 Å². The lowest BCUT2D eigenvalue weighted by atomic mass is 10.3. The molecule has 0 aromatic heterocycles. The highest BCUT2D eigenvalue weighted by Gasteiger charge is 2.16. The van der Waals surface area contributed by atoms with E-state index in [1.807, 2.05) is 0 Å². The van der Waals surface area contributed by atoms with Crippen LogP contribution >= 0.6 is 0 Å². The van der Waals surface area contributed by atoms with Crippen molar-refractivity contribution >= 4 is 27.7 Å². The lowest BCUT2D eigenvalue weighted by molar-refractivity contribution is -0.123. The third-order valence-corrected chi connectivity index (χ3v) is 2.94. The molecule has 0 rings (SSSR count). The zero-order valence-electron chi connectivity index (χ0n) is 6.30. The minimum Gasteiger partial charge on any atom is -0.273 e. The first-order valence-corrected chi connectivity index (χ1v) is 5.38. The van der Waals surface area contributed by atoms with Gasteiger partial charge in [-0.15, -0.1) is 3.71 Å². The van der Waals surface area contributed by atoms with E-state index in [0.29, 0.717) is 6.42 Å². The highest BCUT2D eigenvalue weighted by molar-refractivity contribution is 7.86. The van der Waals surface area contributed by atoms with Crippen molar-refractivity contribution in [3.8, 4) is 0 Å². The molecule has 0 aliphatic rings. The third kappa shape index (κ3) is 3.18. The fourth-order valence-corrected chi connectivity index (χ4v) is 1.60. The van der Waals surface area contributed by atoms with E-state index in [1.165, 1.54) is 0 Å². The summed E-state index contributed by atoms with van der Waals surface area (Å²) < 4.78 is 40.7. The number of nitrogens with zero attached hydrogens (tertiary/aromatic N) is 1. The molecule has 0 heterocycles. The van der Waals surface area contributed by atoms with Gasteiger partial charge in [-0.2, -0.15) is 0 Å². The van der Waals surface area contributed by atoms with Crippen molar-refractivity contribution in [1.29, 1.82) is 0 Å². The fourth-order valence-electron chi connectivity index (χ4n) is 0.556. The van der Waals surface area contributed by atoms with Crippen molar-refractivity contribution in [3.63, 3.8) is 0 Å². The summed E-state index contributed by atoms with van der Waals surface area (Å²) in [5.41, 5.74) is 0. The summed E-state index contributed by atoms with van der Waals surface area (Å²) in [7, 11) is -6.73. The predicted molar refractivity (Wildman–Crippen MR) is 42.4 cm³/mol. The molecule has 0 spiro atoms. The molecule has 0 aromatic carbocycles. The van der Waals surface area contributed by atoms with Gasteiger partial charge in [0, 0.05) is 6.42 Å². The van der Waals surface area contributed by atoms with Crippen molar-refractivity contribution in [2.45, 2.75) is 19.8 Å². The summed E-state index contributed by atoms with van der Waals surface area (Å²) in [4.78, 5) is 10.8. The second-order valence-corrected chi connectivity index (χ2v) is 3.98. The van der Waals surface area contributed by atoms with Crippen molar-refractivity contribution in [3.05, 3.63) is 0 Å². The number of amides is 1. The van der Waals surface area contributed by atoms with E-state index in [0.717, 1.165) is 0 Å². The van der Waals surface area contributed by atoms with Crippen LogP contribution in [0.15, 0.2) is 0 Å². The van der Waals surface area contributed by atoms with Gasteiger partial charge < -0.3 is 0 Å². The van der Waals surface area contributed by atoms with Crippen LogP contribution in [-0.4, -0.2) is 26.5 Å². The number of hydrogen-bond acceptors (Lipinski definition) is 5. The molecule has 0 atom stereocenters. The number of carbonyl (C=O) groups excluding carboxylic acids is 1. The summed E-state index contributed by atoms with van der Waals surface area (Å²) >= 11 is 0. The number of rotatable bonds is 4. The van der Waals surface area contributed by atoms with E-state index in [1.54, 1.807) is 6.92 Å². The Bertz CT molecular complexity index is 267. The Morgan fingerprint density at radius 3 is 1.83 bits per heavy atom. The molecule has 6 nitrogen and oxygen atoms in total. The molecule has 0 N–H and O–H groups in total. The first-order chi connectivity index (χ1) is 5.50. The van der Waals surface area contributed by atoms with Crippen LogP contribution in [0.4, 0.5) is 0 Å². The van der Waals surface area contributed by atoms with Gasteiger partial charge in [-0.3, -0.25) is 4.79 Å². The minimum atomic E-state index is -3.37. The van der Waals surface area contributed by atoms with Gasteiger partial charge in [-0.25, -0.2) is 16.8 Å². The first-order valence-electron chi connectivity index (χ1n) is 3.12. The quantitative estimate of drug-likeness (QED) is 0.567. The second-order valence-electron chi connectivity index (χ2n) is 1.91. The Morgan fingerprint density at radius 2 is 1.58 bits per heavy atom. The zero-order chi connectivity index (χ0) is 9.72. The molecular formula is C4H9NO5S2. The summed E-state index contributed by atoms with van der Waals surface area (Å²) in [5.74, 6) is -0.912. The van der Waals surface area contributed by atoms with Gasteiger partial charge in [0.05, 0.1) is 0 Å². The van der Waals surface area contributed by atoms with Gasteiger partial charge in [-0.1, -0.05) is 6.92 Å². The Morgan fingerprint density at radius 1 is 1.17 bits per heavy atom. The van der Waals surface area contributed by atoms with Crippen LogP contribution in [0.25, 0.3) is 0 Å². The molecule has 72 valence electrons. The van der Waals surface area contributed by atoms with E-state index < -0.39 is 27.7 Å². The molecule has 0 aliphatic heterocycles. The summed E-state index contributed by atoms with van der Waals surface area (Å²) in [6.07, 6.45) is 0.314. The normalized spacial score (nSPS) is 10.6. The van der Waals surface area contributed by atoms with Crippen molar-refractivity contribution < 1.29 is 21.6 Å². The second kappa shape index (κ2) is 5.09. The molecule has 0 bridgehead atoms. The Kier molecular flexibility index (Phi) is 4.83. The zero-order valence-corrected chi connectivity index (χ0v) is 8.09. The first kappa shape index (κ1) is 11.4. The summed E-state index contributed by atoms with van der Waals surface area (Å²) in [6, 6.07) is 0. The largest absolute Gasteiger partial charge is 0.273 e. The Hall–Kier alpha value is -0.630. The van der Waals surface area contributed by atoms with Gasteiger partial charge in [0.2, 0.25) is 27.7 Å². The smallest absolute Gasteiger partial charge is 0.249 e. The minimum absolute atomic E-state index is 0.0906. The third-order valence-electron chi connectivity index (χ3n) is 0.996. The maximum absolute atomic E-state index is 10.8. The Balaban J connectivity index is 4.64. The molecule has 1 amide bonds. The monoisotopic (exact) mass is 215 g/mol. The topological polar surface area (TPSA) is 88.6 Å². The van der Waals surface area contributed by atoms with Crippen LogP contribution < -0.4 is 0 Å². The van der Waals surface area contributed by atoms with Crippen LogP contribution in [0.2, 0.25) is 0 Å². The molecule has 0 fully saturated rings. The molecule has 0 aromatic rings. The SMILES string of the molecule is CCCC(=O)N([SH](=O)=O)[SH](=O)=O. The molecule has 12 heavy (non-hydrogen) atoms. The molecule has 0 saturated heterocycles. The lowest BCUT2D eigenvalue weighted by Gasteiger charge is -2.05. The average molecular weight is 215 g/mol. The van der Waals surface area contributed by atoms with Crippen LogP contribution in [-0.2, 0) is 26.6 Å². The number of hydrogen-bond donors (Lipinski definition) is 2. The molecule has 0 saturated carbocycles. The number of carbonyl (C=O) groups is 1. The summed E-state index contributed by atoms with van der Waals surface area (Å²) in [5, 5.41) is 0. The fraction of sp³-hybridized carbons (Fsp3) is 0.750. The van der Waals surface area contributed by atoms with Gasteiger partial charge in [0.15, 0.2) is 0 Å². The lowest BCUT2D eigenvalue weighted by Crippen LogP contribution is -2.27. The maximum Gasteiger partial charge on any atom is 0.249 e. The van der Waals surface area contributed by atoms with E-state index in [2.05, 4.69) is 0 Å². The number of thiol groups is 2. The van der Waals surface area contributed by atoms with Crippen molar-refractivity contribution in [1.82, 2.24) is 3.71 Å². The Labute approximate surface area is 73.3 Å². The maximum atomic E-state index is 10.8. The van der Waals surface area contributed by atoms with Crippen LogP contribution in [0.3, 0.4) is 0 Å². The molecule has 0 radical (unpaired) electrons. The highest BCUT2D eigenvalue weighted by Crippen LogP contribution is 1.97. The van der Waals surface area contributed by atoms with Crippen LogP contribution in [0.5, 0.6) is 0 Å². The van der Waals surface area contributed by atoms with E-state index in [9.17, 15) is 21.6 Å². The van der Waals surface area contributed by atoms with E-state index >= 15 is 0 Å². The molecular weight excluding hydrogens is 206 g/mol.